The molecule has 0 aliphatic heterocycles. The number of likely N-dealkylation sites (N-methyl/N-ethyl adjacent to an activating group) is 1. The number of carbonyl (C=O) groups is 1. The number of carbonyl (C=O) groups excluding carboxylic acids is 1. The van der Waals surface area contributed by atoms with E-state index >= 15 is 0 Å². The maximum atomic E-state index is 10.8. The Balaban J connectivity index is 3.65. The highest BCUT2D eigenvalue weighted by Gasteiger charge is 2.15. The van der Waals surface area contributed by atoms with E-state index in [9.17, 15) is 4.79 Å². The van der Waals surface area contributed by atoms with Crippen molar-refractivity contribution in [3.8, 4) is 0 Å². The summed E-state index contributed by atoms with van der Waals surface area (Å²) in [5.74, 6) is -0.109. The summed E-state index contributed by atoms with van der Waals surface area (Å²) in [6.07, 6.45) is 1.29. The van der Waals surface area contributed by atoms with Gasteiger partial charge in [0.1, 0.15) is 0 Å². The second kappa shape index (κ2) is 5.02. The lowest BCUT2D eigenvalue weighted by Gasteiger charge is -2.31. The molecule has 0 saturated heterocycles. The van der Waals surface area contributed by atoms with Crippen LogP contribution in [0.2, 0.25) is 0 Å². The molecule has 0 aliphatic carbocycles. The average molecular weight is 184 g/mol. The number of nitrogens with zero attached hydrogens (tertiary/aromatic N) is 1. The minimum atomic E-state index is -0.109. The predicted molar refractivity (Wildman–Crippen MR) is 55.6 cm³/mol. The third kappa shape index (κ3) is 5.42. The minimum absolute atomic E-state index is 0.109. The molecule has 0 heterocycles. The van der Waals surface area contributed by atoms with E-state index in [4.69, 9.17) is 0 Å². The summed E-state index contributed by atoms with van der Waals surface area (Å²) in [5.41, 5.74) is 0.152. The first kappa shape index (κ1) is 12.2. The van der Waals surface area contributed by atoms with Crippen molar-refractivity contribution in [2.45, 2.75) is 26.3 Å². The molecule has 0 radical (unpaired) electrons. The topological polar surface area (TPSA) is 32.3 Å². The molecule has 0 fully saturated rings. The Morgan fingerprint density at radius 3 is 2.46 bits per heavy atom. The molecule has 76 valence electrons. The third-order valence-corrected chi connectivity index (χ3v) is 2.08. The van der Waals surface area contributed by atoms with Crippen molar-refractivity contribution < 1.29 is 4.79 Å². The second-order valence-electron chi connectivity index (χ2n) is 4.09. The van der Waals surface area contributed by atoms with Crippen LogP contribution in [0.25, 0.3) is 0 Å². The van der Waals surface area contributed by atoms with Crippen LogP contribution < -0.4 is 5.32 Å². The molecule has 1 amide bonds. The van der Waals surface area contributed by atoms with Crippen LogP contribution in [0.15, 0.2) is 12.7 Å². The molecule has 0 aromatic carbocycles. The van der Waals surface area contributed by atoms with E-state index in [0.717, 1.165) is 6.54 Å². The van der Waals surface area contributed by atoms with Gasteiger partial charge in [-0.2, -0.15) is 0 Å². The van der Waals surface area contributed by atoms with Crippen LogP contribution >= 0.6 is 0 Å². The molecule has 3 heteroatoms. The quantitative estimate of drug-likeness (QED) is 0.662. The molecule has 13 heavy (non-hydrogen) atoms. The SMILES string of the molecule is C=CC(=O)NCCN(C)C(C)(C)C. The third-order valence-electron chi connectivity index (χ3n) is 2.08. The maximum absolute atomic E-state index is 10.8. The fraction of sp³-hybridized carbons (Fsp3) is 0.700. The van der Waals surface area contributed by atoms with Gasteiger partial charge in [0.05, 0.1) is 0 Å². The zero-order valence-corrected chi connectivity index (χ0v) is 9.05. The predicted octanol–water partition coefficient (Wildman–Crippen LogP) is 1.02. The summed E-state index contributed by atoms with van der Waals surface area (Å²) in [5, 5.41) is 2.74. The van der Waals surface area contributed by atoms with Crippen molar-refractivity contribution in [2.75, 3.05) is 20.1 Å². The summed E-state index contributed by atoms with van der Waals surface area (Å²) >= 11 is 0. The Hall–Kier alpha value is -0.830. The number of amides is 1. The average Bonchev–Trinajstić information content (AvgIpc) is 2.02. The van der Waals surface area contributed by atoms with Crippen molar-refractivity contribution in [1.29, 1.82) is 0 Å². The molecule has 0 spiro atoms. The summed E-state index contributed by atoms with van der Waals surface area (Å²) in [4.78, 5) is 13.0. The van der Waals surface area contributed by atoms with Crippen molar-refractivity contribution >= 4 is 5.91 Å². The van der Waals surface area contributed by atoms with E-state index in [2.05, 4.69) is 37.6 Å². The minimum Gasteiger partial charge on any atom is -0.351 e. The van der Waals surface area contributed by atoms with E-state index in [0.29, 0.717) is 6.54 Å². The molecular formula is C10H20N2O. The first-order valence-corrected chi connectivity index (χ1v) is 4.49. The lowest BCUT2D eigenvalue weighted by Crippen LogP contribution is -2.42. The van der Waals surface area contributed by atoms with Gasteiger partial charge < -0.3 is 5.32 Å². The standard InChI is InChI=1S/C10H20N2O/c1-6-9(13)11-7-8-12(5)10(2,3)4/h6H,1,7-8H2,2-5H3,(H,11,13). The summed E-state index contributed by atoms with van der Waals surface area (Å²) < 4.78 is 0. The summed E-state index contributed by atoms with van der Waals surface area (Å²) in [6, 6.07) is 0. The number of hydrogen-bond acceptors (Lipinski definition) is 2. The van der Waals surface area contributed by atoms with Crippen molar-refractivity contribution in [2.24, 2.45) is 0 Å². The zero-order valence-electron chi connectivity index (χ0n) is 9.05. The van der Waals surface area contributed by atoms with Crippen molar-refractivity contribution in [3.63, 3.8) is 0 Å². The van der Waals surface area contributed by atoms with Gasteiger partial charge in [0.25, 0.3) is 0 Å². The van der Waals surface area contributed by atoms with Crippen LogP contribution in [0, 0.1) is 0 Å². The number of rotatable bonds is 4. The van der Waals surface area contributed by atoms with Crippen LogP contribution in [0.4, 0.5) is 0 Å². The van der Waals surface area contributed by atoms with Gasteiger partial charge in [-0.15, -0.1) is 0 Å². The molecule has 0 aliphatic rings. The molecular weight excluding hydrogens is 164 g/mol. The highest BCUT2D eigenvalue weighted by atomic mass is 16.1. The van der Waals surface area contributed by atoms with E-state index < -0.39 is 0 Å². The van der Waals surface area contributed by atoms with E-state index in [-0.39, 0.29) is 11.4 Å². The summed E-state index contributed by atoms with van der Waals surface area (Å²) in [7, 11) is 2.04. The Kier molecular flexibility index (Phi) is 4.70. The maximum Gasteiger partial charge on any atom is 0.243 e. The van der Waals surface area contributed by atoms with Gasteiger partial charge >= 0.3 is 0 Å². The van der Waals surface area contributed by atoms with E-state index in [1.807, 2.05) is 7.05 Å². The fourth-order valence-corrected chi connectivity index (χ4v) is 0.754. The Morgan fingerprint density at radius 1 is 1.54 bits per heavy atom. The van der Waals surface area contributed by atoms with Gasteiger partial charge in [-0.3, -0.25) is 9.69 Å². The van der Waals surface area contributed by atoms with Gasteiger partial charge in [0.15, 0.2) is 0 Å². The molecule has 0 aromatic heterocycles. The molecule has 0 aromatic rings. The van der Waals surface area contributed by atoms with Crippen LogP contribution in [0.5, 0.6) is 0 Å². The smallest absolute Gasteiger partial charge is 0.243 e. The largest absolute Gasteiger partial charge is 0.351 e. The molecule has 0 bridgehead atoms. The van der Waals surface area contributed by atoms with Gasteiger partial charge in [-0.1, -0.05) is 6.58 Å². The van der Waals surface area contributed by atoms with Crippen LogP contribution in [-0.2, 0) is 4.79 Å². The lowest BCUT2D eigenvalue weighted by molar-refractivity contribution is -0.116. The first-order chi connectivity index (χ1) is 5.88. The van der Waals surface area contributed by atoms with Crippen molar-refractivity contribution in [1.82, 2.24) is 10.2 Å². The Morgan fingerprint density at radius 2 is 2.08 bits per heavy atom. The Labute approximate surface area is 80.8 Å². The van der Waals surface area contributed by atoms with E-state index in [1.54, 1.807) is 0 Å². The normalized spacial score (nSPS) is 11.5. The lowest BCUT2D eigenvalue weighted by atomic mass is 10.1. The van der Waals surface area contributed by atoms with Gasteiger partial charge in [0, 0.05) is 18.6 Å². The van der Waals surface area contributed by atoms with Crippen molar-refractivity contribution in [3.05, 3.63) is 12.7 Å². The number of hydrogen-bond donors (Lipinski definition) is 1. The molecule has 0 saturated carbocycles. The Bertz CT molecular complexity index is 182. The number of nitrogens with one attached hydrogen (secondary N) is 1. The molecule has 3 nitrogen and oxygen atoms in total. The van der Waals surface area contributed by atoms with Gasteiger partial charge in [-0.25, -0.2) is 0 Å². The highest BCUT2D eigenvalue weighted by Crippen LogP contribution is 2.08. The van der Waals surface area contributed by atoms with Crippen LogP contribution in [0.1, 0.15) is 20.8 Å². The van der Waals surface area contributed by atoms with Gasteiger partial charge in [0.2, 0.25) is 5.91 Å². The zero-order chi connectivity index (χ0) is 10.5. The van der Waals surface area contributed by atoms with Crippen LogP contribution in [0.3, 0.4) is 0 Å². The molecule has 0 unspecified atom stereocenters. The van der Waals surface area contributed by atoms with Crippen LogP contribution in [-0.4, -0.2) is 36.5 Å². The molecule has 0 rings (SSSR count). The fourth-order valence-electron chi connectivity index (χ4n) is 0.754. The highest BCUT2D eigenvalue weighted by molar-refractivity contribution is 5.86. The first-order valence-electron chi connectivity index (χ1n) is 4.49. The second-order valence-corrected chi connectivity index (χ2v) is 4.09. The van der Waals surface area contributed by atoms with Gasteiger partial charge in [-0.05, 0) is 33.9 Å². The monoisotopic (exact) mass is 184 g/mol. The van der Waals surface area contributed by atoms with E-state index in [1.165, 1.54) is 6.08 Å². The molecule has 0 atom stereocenters. The molecule has 1 N–H and O–H groups in total. The summed E-state index contributed by atoms with van der Waals surface area (Å²) in [6.45, 7) is 11.3.